The molecule has 0 atom stereocenters. The van der Waals surface area contributed by atoms with Crippen LogP contribution in [0.1, 0.15) is 23.2 Å². The Morgan fingerprint density at radius 3 is 2.62 bits per heavy atom. The van der Waals surface area contributed by atoms with E-state index in [0.29, 0.717) is 11.3 Å². The summed E-state index contributed by atoms with van der Waals surface area (Å²) in [5.74, 6) is -0.863. The summed E-state index contributed by atoms with van der Waals surface area (Å²) in [6.45, 7) is 1.51. The molecule has 5 heteroatoms. The SMILES string of the molecule is Cc1nc(F)cc(C(F)F)c1CBr. The lowest BCUT2D eigenvalue weighted by Gasteiger charge is -2.08. The Balaban J connectivity index is 3.29. The van der Waals surface area contributed by atoms with Gasteiger partial charge in [-0.25, -0.2) is 13.8 Å². The van der Waals surface area contributed by atoms with Crippen LogP contribution in [0.2, 0.25) is 0 Å². The monoisotopic (exact) mass is 253 g/mol. The molecule has 0 unspecified atom stereocenters. The van der Waals surface area contributed by atoms with Crippen LogP contribution in [0.5, 0.6) is 0 Å². The number of aryl methyl sites for hydroxylation is 1. The molecule has 0 bridgehead atoms. The summed E-state index contributed by atoms with van der Waals surface area (Å²) in [4.78, 5) is 3.46. The molecule has 72 valence electrons. The highest BCUT2D eigenvalue weighted by Crippen LogP contribution is 2.26. The Hall–Kier alpha value is -0.580. The van der Waals surface area contributed by atoms with Crippen LogP contribution < -0.4 is 0 Å². The standard InChI is InChI=1S/C8H7BrF3N/c1-4-6(3-9)5(8(11)12)2-7(10)13-4/h2,8H,3H2,1H3. The molecule has 1 heterocycles. The van der Waals surface area contributed by atoms with E-state index in [1.165, 1.54) is 6.92 Å². The molecule has 0 aromatic carbocycles. The number of rotatable bonds is 2. The Morgan fingerprint density at radius 1 is 1.54 bits per heavy atom. The number of alkyl halides is 3. The van der Waals surface area contributed by atoms with Crippen molar-refractivity contribution in [3.8, 4) is 0 Å². The highest BCUT2D eigenvalue weighted by molar-refractivity contribution is 9.08. The van der Waals surface area contributed by atoms with Crippen molar-refractivity contribution in [3.63, 3.8) is 0 Å². The third-order valence-corrected chi connectivity index (χ3v) is 2.26. The molecular weight excluding hydrogens is 247 g/mol. The lowest BCUT2D eigenvalue weighted by Crippen LogP contribution is -2.00. The first-order valence-corrected chi connectivity index (χ1v) is 4.68. The van der Waals surface area contributed by atoms with Gasteiger partial charge in [-0.3, -0.25) is 0 Å². The molecule has 1 aromatic heterocycles. The van der Waals surface area contributed by atoms with Crippen molar-refractivity contribution in [1.29, 1.82) is 0 Å². The predicted molar refractivity (Wildman–Crippen MR) is 46.5 cm³/mol. The molecule has 0 fully saturated rings. The fourth-order valence-corrected chi connectivity index (χ4v) is 1.78. The van der Waals surface area contributed by atoms with Crippen LogP contribution in [0.4, 0.5) is 13.2 Å². The largest absolute Gasteiger partial charge is 0.264 e. The zero-order valence-corrected chi connectivity index (χ0v) is 8.41. The first-order chi connectivity index (χ1) is 6.06. The summed E-state index contributed by atoms with van der Waals surface area (Å²) in [5, 5.41) is 0.256. The van der Waals surface area contributed by atoms with Gasteiger partial charge in [0.2, 0.25) is 5.95 Å². The van der Waals surface area contributed by atoms with Crippen LogP contribution in [-0.2, 0) is 5.33 Å². The van der Waals surface area contributed by atoms with Gasteiger partial charge in [-0.05, 0) is 12.5 Å². The number of hydrogen-bond donors (Lipinski definition) is 0. The van der Waals surface area contributed by atoms with Crippen LogP contribution in [0.3, 0.4) is 0 Å². The number of pyridine rings is 1. The molecule has 0 radical (unpaired) electrons. The lowest BCUT2D eigenvalue weighted by molar-refractivity contribution is 0.149. The van der Waals surface area contributed by atoms with Gasteiger partial charge in [0, 0.05) is 22.7 Å². The Bertz CT molecular complexity index is 315. The summed E-state index contributed by atoms with van der Waals surface area (Å²) >= 11 is 3.06. The maximum atomic E-state index is 12.6. The molecular formula is C8H7BrF3N. The number of halogens is 4. The summed E-state index contributed by atoms with van der Waals surface area (Å²) in [7, 11) is 0. The average molecular weight is 254 g/mol. The third kappa shape index (κ3) is 2.21. The van der Waals surface area contributed by atoms with Crippen LogP contribution in [0.25, 0.3) is 0 Å². The quantitative estimate of drug-likeness (QED) is 0.582. The van der Waals surface area contributed by atoms with Gasteiger partial charge in [0.15, 0.2) is 0 Å². The Morgan fingerprint density at radius 2 is 2.15 bits per heavy atom. The normalized spacial score (nSPS) is 10.9. The zero-order chi connectivity index (χ0) is 10.0. The predicted octanol–water partition coefficient (Wildman–Crippen LogP) is 3.36. The van der Waals surface area contributed by atoms with E-state index in [1.807, 2.05) is 0 Å². The van der Waals surface area contributed by atoms with Crippen molar-refractivity contribution in [2.45, 2.75) is 18.7 Å². The van der Waals surface area contributed by atoms with Crippen molar-refractivity contribution < 1.29 is 13.2 Å². The van der Waals surface area contributed by atoms with E-state index in [0.717, 1.165) is 6.07 Å². The minimum atomic E-state index is -2.66. The smallest absolute Gasteiger partial charge is 0.225 e. The molecule has 0 aliphatic rings. The highest BCUT2D eigenvalue weighted by atomic mass is 79.9. The van der Waals surface area contributed by atoms with Gasteiger partial charge in [0.05, 0.1) is 0 Å². The fraction of sp³-hybridized carbons (Fsp3) is 0.375. The molecule has 0 amide bonds. The van der Waals surface area contributed by atoms with Gasteiger partial charge < -0.3 is 0 Å². The topological polar surface area (TPSA) is 12.9 Å². The maximum absolute atomic E-state index is 12.6. The van der Waals surface area contributed by atoms with Crippen molar-refractivity contribution >= 4 is 15.9 Å². The van der Waals surface area contributed by atoms with Crippen LogP contribution in [0.15, 0.2) is 6.07 Å². The number of nitrogens with zero attached hydrogens (tertiary/aromatic N) is 1. The number of aromatic nitrogens is 1. The van der Waals surface area contributed by atoms with Gasteiger partial charge >= 0.3 is 0 Å². The minimum Gasteiger partial charge on any atom is -0.225 e. The van der Waals surface area contributed by atoms with Gasteiger partial charge in [-0.2, -0.15) is 4.39 Å². The second kappa shape index (κ2) is 4.09. The molecule has 0 saturated heterocycles. The first kappa shape index (κ1) is 10.5. The van der Waals surface area contributed by atoms with E-state index in [1.54, 1.807) is 0 Å². The second-order valence-corrected chi connectivity index (χ2v) is 3.09. The Labute approximate surface area is 82.1 Å². The van der Waals surface area contributed by atoms with E-state index >= 15 is 0 Å². The van der Waals surface area contributed by atoms with E-state index in [9.17, 15) is 13.2 Å². The molecule has 13 heavy (non-hydrogen) atoms. The van der Waals surface area contributed by atoms with Gasteiger partial charge in [-0.1, -0.05) is 15.9 Å². The van der Waals surface area contributed by atoms with Gasteiger partial charge in [-0.15, -0.1) is 0 Å². The molecule has 0 N–H and O–H groups in total. The third-order valence-electron chi connectivity index (χ3n) is 1.70. The average Bonchev–Trinajstić information content (AvgIpc) is 2.02. The summed E-state index contributed by atoms with van der Waals surface area (Å²) < 4.78 is 37.4. The van der Waals surface area contributed by atoms with Crippen molar-refractivity contribution in [2.75, 3.05) is 0 Å². The van der Waals surface area contributed by atoms with Gasteiger partial charge in [0.1, 0.15) is 0 Å². The van der Waals surface area contributed by atoms with Crippen molar-refractivity contribution in [1.82, 2.24) is 4.98 Å². The summed E-state index contributed by atoms with van der Waals surface area (Å²) in [6.07, 6.45) is -2.66. The van der Waals surface area contributed by atoms with Crippen LogP contribution in [-0.4, -0.2) is 4.98 Å². The molecule has 1 rings (SSSR count). The minimum absolute atomic E-state index is 0.256. The molecule has 1 nitrogen and oxygen atoms in total. The molecule has 0 spiro atoms. The van der Waals surface area contributed by atoms with E-state index in [-0.39, 0.29) is 10.9 Å². The Kier molecular flexibility index (Phi) is 3.30. The maximum Gasteiger partial charge on any atom is 0.264 e. The second-order valence-electron chi connectivity index (χ2n) is 2.53. The van der Waals surface area contributed by atoms with E-state index < -0.39 is 12.4 Å². The van der Waals surface area contributed by atoms with Gasteiger partial charge in [0.25, 0.3) is 6.43 Å². The molecule has 0 saturated carbocycles. The fourth-order valence-electron chi connectivity index (χ4n) is 1.05. The summed E-state index contributed by atoms with van der Waals surface area (Å²) in [6, 6.07) is 0.772. The van der Waals surface area contributed by atoms with Crippen molar-refractivity contribution in [3.05, 3.63) is 28.8 Å². The van der Waals surface area contributed by atoms with Crippen molar-refractivity contribution in [2.24, 2.45) is 0 Å². The van der Waals surface area contributed by atoms with Crippen LogP contribution in [0, 0.1) is 12.9 Å². The number of hydrogen-bond acceptors (Lipinski definition) is 1. The molecule has 1 aromatic rings. The van der Waals surface area contributed by atoms with E-state index in [2.05, 4.69) is 20.9 Å². The highest BCUT2D eigenvalue weighted by Gasteiger charge is 2.16. The summed E-state index contributed by atoms with van der Waals surface area (Å²) in [5.41, 5.74) is 0.366. The lowest BCUT2D eigenvalue weighted by atomic mass is 10.1. The molecule has 0 aliphatic heterocycles. The molecule has 0 aliphatic carbocycles. The van der Waals surface area contributed by atoms with Crippen LogP contribution >= 0.6 is 15.9 Å². The zero-order valence-electron chi connectivity index (χ0n) is 6.82. The first-order valence-electron chi connectivity index (χ1n) is 3.56. The van der Waals surface area contributed by atoms with E-state index in [4.69, 9.17) is 0 Å².